The molecular formula is C47H24BF24NO. The van der Waals surface area contributed by atoms with Crippen LogP contribution in [0.2, 0.25) is 0 Å². The molecule has 74 heavy (non-hydrogen) atoms. The fraction of sp³-hybridized carbons (Fsp3) is 0.170. The van der Waals surface area contributed by atoms with E-state index in [1.165, 1.54) is 11.1 Å². The summed E-state index contributed by atoms with van der Waals surface area (Å²) in [4.78, 5) is 5.71. The fourth-order valence-electron chi connectivity index (χ4n) is 7.87. The molecule has 0 amide bonds. The van der Waals surface area contributed by atoms with E-state index in [0.29, 0.717) is 0 Å². The van der Waals surface area contributed by atoms with Crippen LogP contribution in [0.1, 0.15) is 44.5 Å². The van der Waals surface area contributed by atoms with Gasteiger partial charge in [0, 0.05) is 16.9 Å². The van der Waals surface area contributed by atoms with Crippen molar-refractivity contribution >= 4 is 28.0 Å². The Morgan fingerprint density at radius 3 is 0.703 bits per heavy atom. The molecule has 2 aliphatic carbocycles. The van der Waals surface area contributed by atoms with Crippen molar-refractivity contribution in [2.24, 2.45) is 0 Å². The minimum atomic E-state index is -6.13. The zero-order valence-electron chi connectivity index (χ0n) is 35.9. The lowest BCUT2D eigenvalue weighted by Crippen LogP contribution is -2.75. The third kappa shape index (κ3) is 12.6. The molecule has 0 atom stereocenters. The molecular weight excluding hydrogens is 1060 g/mol. The van der Waals surface area contributed by atoms with Gasteiger partial charge in [0.2, 0.25) is 18.1 Å². The van der Waals surface area contributed by atoms with Crippen molar-refractivity contribution in [3.8, 4) is 16.9 Å². The van der Waals surface area contributed by atoms with Gasteiger partial charge in [-0.25, -0.2) is 4.84 Å². The van der Waals surface area contributed by atoms with Gasteiger partial charge in [-0.15, -0.1) is 0 Å². The van der Waals surface area contributed by atoms with Crippen LogP contribution in [0, 0.1) is 0 Å². The summed E-state index contributed by atoms with van der Waals surface area (Å²) in [7, 11) is 0. The lowest BCUT2D eigenvalue weighted by atomic mass is 9.12. The Bertz CT molecular complexity index is 2620. The standard InChI is InChI=1S/C32H12BF24.C15H12NO/c34-25(35,36)13-1-14(26(37,38)39)6-21(5-13)33(22-7-15(27(40,41)42)2-16(8-22)28(43,44)45,23-9-17(29(46,47)48)3-18(10-23)30(49,50)51)24-11-19(31(52,53)54)4-20(12-24)32(55,56)57;1-3-7-13-11-15(12-14(13)8-4-1)17-16-9-5-2-6-10-16/h1-12H;1-12H/q-1;+1. The number of hydrogen-bond donors (Lipinski definition) is 0. The fourth-order valence-corrected chi connectivity index (χ4v) is 7.87. The van der Waals surface area contributed by atoms with E-state index in [-0.39, 0.29) is 0 Å². The molecule has 0 spiro atoms. The molecule has 2 aliphatic rings. The van der Waals surface area contributed by atoms with Crippen LogP contribution < -0.4 is 31.4 Å². The summed E-state index contributed by atoms with van der Waals surface area (Å²) in [5.74, 6) is 0.849. The van der Waals surface area contributed by atoms with E-state index in [9.17, 15) is 105 Å². The number of benzene rings is 4. The van der Waals surface area contributed by atoms with E-state index in [2.05, 4.69) is 12.1 Å². The van der Waals surface area contributed by atoms with E-state index in [0.717, 1.165) is 5.75 Å². The Morgan fingerprint density at radius 2 is 0.486 bits per heavy atom. The van der Waals surface area contributed by atoms with Crippen LogP contribution in [0.15, 0.2) is 146 Å². The van der Waals surface area contributed by atoms with Crippen LogP contribution in [0.3, 0.4) is 0 Å². The first-order valence-corrected chi connectivity index (χ1v) is 20.2. The summed E-state index contributed by atoms with van der Waals surface area (Å²) < 4.78 is 343. The van der Waals surface area contributed by atoms with Crippen LogP contribution in [-0.4, -0.2) is 6.15 Å². The van der Waals surface area contributed by atoms with Crippen LogP contribution >= 0.6 is 0 Å². The molecule has 0 unspecified atom stereocenters. The van der Waals surface area contributed by atoms with Crippen LogP contribution in [0.25, 0.3) is 11.1 Å². The highest BCUT2D eigenvalue weighted by molar-refractivity contribution is 7.20. The van der Waals surface area contributed by atoms with E-state index in [4.69, 9.17) is 4.84 Å². The molecule has 0 radical (unpaired) electrons. The smallest absolute Gasteiger partial charge is 0.231 e. The number of fused-ring (bicyclic) bond motifs is 1. The maximum atomic E-state index is 14.2. The second kappa shape index (κ2) is 19.3. The third-order valence-corrected chi connectivity index (χ3v) is 11.0. The predicted molar refractivity (Wildman–Crippen MR) is 216 cm³/mol. The summed E-state index contributed by atoms with van der Waals surface area (Å²) in [5.41, 5.74) is -27.8. The summed E-state index contributed by atoms with van der Waals surface area (Å²) in [6.45, 7) is 0. The largest absolute Gasteiger partial charge is 0.416 e. The highest BCUT2D eigenvalue weighted by atomic mass is 19.4. The third-order valence-electron chi connectivity index (χ3n) is 11.0. The Labute approximate surface area is 399 Å². The SMILES string of the molecule is FC(F)(F)c1cc([B-](c2cc(C(F)(F)F)cc(C(F)(F)F)c2)(c2cc(C(F)(F)F)cc(C(F)(F)F)c2)c2cc(C(F)(F)F)cc(C(F)(F)F)c2)cc(C(F)(F)F)c1.c1ccc2cc(O[n+]3ccccc3)cc-2cc1. The quantitative estimate of drug-likeness (QED) is 0.0919. The van der Waals surface area contributed by atoms with Crippen molar-refractivity contribution in [1.29, 1.82) is 0 Å². The van der Waals surface area contributed by atoms with E-state index in [1.807, 2.05) is 60.9 Å². The van der Waals surface area contributed by atoms with Crippen molar-refractivity contribution in [1.82, 2.24) is 0 Å². The molecule has 0 aliphatic heterocycles. The lowest BCUT2D eigenvalue weighted by Gasteiger charge is -2.46. The predicted octanol–water partition coefficient (Wildman–Crippen LogP) is 14.1. The Morgan fingerprint density at radius 1 is 0.270 bits per heavy atom. The van der Waals surface area contributed by atoms with Crippen LogP contribution in [-0.2, 0) is 49.4 Å². The van der Waals surface area contributed by atoms with Crippen molar-refractivity contribution in [3.05, 3.63) is 190 Å². The molecule has 0 fully saturated rings. The number of pyridine rings is 1. The van der Waals surface area contributed by atoms with Crippen molar-refractivity contribution < 1.29 is 115 Å². The molecule has 5 aromatic rings. The molecule has 7 rings (SSSR count). The van der Waals surface area contributed by atoms with Gasteiger partial charge in [-0.1, -0.05) is 84.9 Å². The maximum Gasteiger partial charge on any atom is 0.416 e. The number of rotatable bonds is 6. The highest BCUT2D eigenvalue weighted by Crippen LogP contribution is 2.41. The van der Waals surface area contributed by atoms with Crippen molar-refractivity contribution in [3.63, 3.8) is 0 Å². The molecule has 0 saturated carbocycles. The average Bonchev–Trinajstić information content (AvgIpc) is 3.51. The van der Waals surface area contributed by atoms with Gasteiger partial charge in [0.05, 0.1) is 44.5 Å². The lowest BCUT2D eigenvalue weighted by molar-refractivity contribution is -0.875. The highest BCUT2D eigenvalue weighted by Gasteiger charge is 2.47. The van der Waals surface area contributed by atoms with Gasteiger partial charge in [-0.05, 0) is 47.5 Å². The van der Waals surface area contributed by atoms with E-state index in [1.54, 1.807) is 4.73 Å². The molecule has 4 aromatic carbocycles. The zero-order chi connectivity index (χ0) is 55.4. The molecule has 1 heterocycles. The van der Waals surface area contributed by atoms with Gasteiger partial charge in [-0.2, -0.15) is 127 Å². The van der Waals surface area contributed by atoms with Crippen LogP contribution in [0.5, 0.6) is 5.75 Å². The summed E-state index contributed by atoms with van der Waals surface area (Å²) in [6.07, 6.45) is -51.1. The Hall–Kier alpha value is -7.09. The van der Waals surface area contributed by atoms with Gasteiger partial charge in [-0.3, -0.25) is 0 Å². The second-order valence-electron chi connectivity index (χ2n) is 16.1. The first kappa shape index (κ1) is 56.2. The van der Waals surface area contributed by atoms with Crippen LogP contribution in [0.4, 0.5) is 105 Å². The minimum Gasteiger partial charge on any atom is -0.231 e. The van der Waals surface area contributed by atoms with Crippen molar-refractivity contribution in [2.75, 3.05) is 0 Å². The van der Waals surface area contributed by atoms with Gasteiger partial charge in [0.1, 0.15) is 6.15 Å². The van der Waals surface area contributed by atoms with Gasteiger partial charge in [0.25, 0.3) is 0 Å². The zero-order valence-corrected chi connectivity index (χ0v) is 35.9. The monoisotopic (exact) mass is 1090 g/mol. The van der Waals surface area contributed by atoms with Gasteiger partial charge >= 0.3 is 49.4 Å². The second-order valence-corrected chi connectivity index (χ2v) is 16.1. The Kier molecular flexibility index (Phi) is 14.7. The summed E-state index contributed by atoms with van der Waals surface area (Å²) >= 11 is 0. The van der Waals surface area contributed by atoms with E-state index >= 15 is 0 Å². The van der Waals surface area contributed by atoms with E-state index < -0.39 is 195 Å². The first-order valence-electron chi connectivity index (χ1n) is 20.2. The molecule has 2 nitrogen and oxygen atoms in total. The maximum absolute atomic E-state index is 14.2. The average molecular weight is 1090 g/mol. The topological polar surface area (TPSA) is 13.1 Å². The van der Waals surface area contributed by atoms with Gasteiger partial charge < -0.3 is 0 Å². The molecule has 1 aromatic heterocycles. The Balaban J connectivity index is 0.000000436. The normalized spacial score (nSPS) is 13.4. The summed E-state index contributed by atoms with van der Waals surface area (Å²) in [5, 5.41) is 0. The molecule has 0 N–H and O–H groups in total. The van der Waals surface area contributed by atoms with Gasteiger partial charge in [0.15, 0.2) is 0 Å². The number of alkyl halides is 24. The number of halogens is 24. The molecule has 0 saturated heterocycles. The molecule has 0 bridgehead atoms. The molecule has 394 valence electrons. The number of nitrogens with zero attached hydrogens (tertiary/aromatic N) is 1. The number of hydrogen-bond acceptors (Lipinski definition) is 1. The summed E-state index contributed by atoms with van der Waals surface area (Å²) in [6, 6.07) is 11.3. The van der Waals surface area contributed by atoms with Crippen molar-refractivity contribution in [2.45, 2.75) is 49.4 Å². The number of aromatic nitrogens is 1. The first-order chi connectivity index (χ1) is 33.7. The molecule has 27 heteroatoms. The minimum absolute atomic E-state index is 0.691.